The van der Waals surface area contributed by atoms with E-state index in [9.17, 15) is 9.18 Å². The molecule has 0 bridgehead atoms. The number of amides is 1. The van der Waals surface area contributed by atoms with Gasteiger partial charge in [-0.3, -0.25) is 10.2 Å². The molecule has 0 aliphatic heterocycles. The molecule has 0 aliphatic carbocycles. The summed E-state index contributed by atoms with van der Waals surface area (Å²) < 4.78 is 13.3. The Hall–Kier alpha value is -2.93. The predicted octanol–water partition coefficient (Wildman–Crippen LogP) is 1.00. The Labute approximate surface area is 102 Å². The van der Waals surface area contributed by atoms with Crippen LogP contribution in [-0.2, 0) is 0 Å². The molecule has 0 atom stereocenters. The van der Waals surface area contributed by atoms with E-state index in [1.165, 1.54) is 19.2 Å². The van der Waals surface area contributed by atoms with Gasteiger partial charge in [-0.15, -0.1) is 0 Å². The number of nitrogens with one attached hydrogen (secondary N) is 2. The number of hydrogen-bond acceptors (Lipinski definition) is 5. The number of nitrogens with zero attached hydrogens (tertiary/aromatic N) is 3. The predicted molar refractivity (Wildman–Crippen MR) is 62.1 cm³/mol. The number of hydrazone groups is 1. The average molecular weight is 245 g/mol. The van der Waals surface area contributed by atoms with Crippen molar-refractivity contribution in [2.24, 2.45) is 5.10 Å². The van der Waals surface area contributed by atoms with Gasteiger partial charge in [0.25, 0.3) is 5.91 Å². The number of carbonyl (C=O) groups is 1. The van der Waals surface area contributed by atoms with Crippen molar-refractivity contribution in [1.82, 2.24) is 5.32 Å². The Balaban J connectivity index is 3.01. The molecule has 0 saturated carbocycles. The molecular weight excluding hydrogens is 237 g/mol. The van der Waals surface area contributed by atoms with Crippen molar-refractivity contribution in [1.29, 1.82) is 10.5 Å². The van der Waals surface area contributed by atoms with Gasteiger partial charge in [-0.2, -0.15) is 15.6 Å². The number of benzene rings is 1. The summed E-state index contributed by atoms with van der Waals surface area (Å²) >= 11 is 0. The van der Waals surface area contributed by atoms with Crippen molar-refractivity contribution in [3.63, 3.8) is 0 Å². The third kappa shape index (κ3) is 3.03. The van der Waals surface area contributed by atoms with Gasteiger partial charge in [0, 0.05) is 7.05 Å². The van der Waals surface area contributed by atoms with Gasteiger partial charge in [-0.1, -0.05) is 0 Å². The van der Waals surface area contributed by atoms with Crippen LogP contribution in [0.25, 0.3) is 0 Å². The fourth-order valence-corrected chi connectivity index (χ4v) is 1.10. The highest BCUT2D eigenvalue weighted by atomic mass is 19.1. The minimum absolute atomic E-state index is 0.159. The lowest BCUT2D eigenvalue weighted by Crippen LogP contribution is -2.19. The molecule has 7 heteroatoms. The molecule has 0 unspecified atom stereocenters. The number of nitriles is 2. The lowest BCUT2D eigenvalue weighted by atomic mass is 10.2. The van der Waals surface area contributed by atoms with Gasteiger partial charge in [0.1, 0.15) is 18.0 Å². The molecule has 0 heterocycles. The third-order valence-corrected chi connectivity index (χ3v) is 1.95. The van der Waals surface area contributed by atoms with Gasteiger partial charge in [-0.25, -0.2) is 4.39 Å². The van der Waals surface area contributed by atoms with Crippen molar-refractivity contribution in [2.75, 3.05) is 12.5 Å². The zero-order valence-electron chi connectivity index (χ0n) is 9.36. The Bertz CT molecular complexity index is 566. The largest absolute Gasteiger partial charge is 0.355 e. The number of halogens is 1. The van der Waals surface area contributed by atoms with Gasteiger partial charge in [0.05, 0.1) is 11.3 Å². The van der Waals surface area contributed by atoms with Crippen molar-refractivity contribution < 1.29 is 9.18 Å². The standard InChI is InChI=1S/C11H8FN5O/c1-15-11(18)9-4-7(2-3-10(9)12)16-17-8(5-13)6-14/h2-4,16H,1H3,(H,15,18). The van der Waals surface area contributed by atoms with Crippen molar-refractivity contribution in [2.45, 2.75) is 0 Å². The maximum Gasteiger partial charge on any atom is 0.254 e. The molecule has 1 aromatic carbocycles. The first-order chi connectivity index (χ1) is 8.62. The maximum atomic E-state index is 13.3. The Kier molecular flexibility index (Phi) is 4.35. The molecule has 1 aromatic rings. The maximum absolute atomic E-state index is 13.3. The number of anilines is 1. The van der Waals surface area contributed by atoms with Crippen molar-refractivity contribution in [3.05, 3.63) is 29.6 Å². The third-order valence-electron chi connectivity index (χ3n) is 1.95. The summed E-state index contributed by atoms with van der Waals surface area (Å²) in [6.45, 7) is 0. The zero-order chi connectivity index (χ0) is 13.5. The van der Waals surface area contributed by atoms with Gasteiger partial charge in [-0.05, 0) is 18.2 Å². The fourth-order valence-electron chi connectivity index (χ4n) is 1.10. The summed E-state index contributed by atoms with van der Waals surface area (Å²) in [5, 5.41) is 22.7. The molecule has 0 aromatic heterocycles. The minimum atomic E-state index is -0.676. The summed E-state index contributed by atoms with van der Waals surface area (Å²) in [7, 11) is 1.38. The molecule has 18 heavy (non-hydrogen) atoms. The van der Waals surface area contributed by atoms with E-state index >= 15 is 0 Å². The van der Waals surface area contributed by atoms with Crippen LogP contribution in [0.1, 0.15) is 10.4 Å². The van der Waals surface area contributed by atoms with Crippen LogP contribution >= 0.6 is 0 Å². The van der Waals surface area contributed by atoms with Gasteiger partial charge < -0.3 is 5.32 Å². The SMILES string of the molecule is CNC(=O)c1cc(NN=C(C#N)C#N)ccc1F. The van der Waals surface area contributed by atoms with Crippen LogP contribution < -0.4 is 10.7 Å². The molecule has 90 valence electrons. The lowest BCUT2D eigenvalue weighted by Gasteiger charge is -2.04. The van der Waals surface area contributed by atoms with E-state index in [1.807, 2.05) is 0 Å². The van der Waals surface area contributed by atoms with Gasteiger partial charge >= 0.3 is 0 Å². The summed E-state index contributed by atoms with van der Waals surface area (Å²) in [5.41, 5.74) is 2.15. The molecule has 0 aliphatic rings. The Morgan fingerprint density at radius 3 is 2.61 bits per heavy atom. The van der Waals surface area contributed by atoms with E-state index in [0.29, 0.717) is 0 Å². The first-order valence-corrected chi connectivity index (χ1v) is 4.78. The van der Waals surface area contributed by atoms with Crippen LogP contribution in [0.4, 0.5) is 10.1 Å². The van der Waals surface area contributed by atoms with Crippen molar-refractivity contribution in [3.8, 4) is 12.1 Å². The van der Waals surface area contributed by atoms with Gasteiger partial charge in [0.2, 0.25) is 5.71 Å². The second kappa shape index (κ2) is 5.97. The zero-order valence-corrected chi connectivity index (χ0v) is 9.36. The minimum Gasteiger partial charge on any atom is -0.355 e. The second-order valence-electron chi connectivity index (χ2n) is 3.07. The summed E-state index contributed by atoms with van der Waals surface area (Å²) in [6, 6.07) is 6.75. The first kappa shape index (κ1) is 13.1. The molecule has 0 fully saturated rings. The molecule has 0 radical (unpaired) electrons. The van der Waals surface area contributed by atoms with Gasteiger partial charge in [0.15, 0.2) is 0 Å². The fraction of sp³-hybridized carbons (Fsp3) is 0.0909. The van der Waals surface area contributed by atoms with Crippen LogP contribution in [0.3, 0.4) is 0 Å². The summed E-state index contributed by atoms with van der Waals surface area (Å²) in [4.78, 5) is 11.3. The molecule has 0 saturated heterocycles. The highest BCUT2D eigenvalue weighted by Crippen LogP contribution is 2.14. The van der Waals surface area contributed by atoms with Crippen LogP contribution in [0.2, 0.25) is 0 Å². The van der Waals surface area contributed by atoms with Crippen LogP contribution in [0.15, 0.2) is 23.3 Å². The average Bonchev–Trinajstić information content (AvgIpc) is 2.40. The molecule has 2 N–H and O–H groups in total. The van der Waals surface area contributed by atoms with Crippen LogP contribution in [0, 0.1) is 28.5 Å². The van der Waals surface area contributed by atoms with E-state index in [4.69, 9.17) is 10.5 Å². The smallest absolute Gasteiger partial charge is 0.254 e. The summed E-state index contributed by atoms with van der Waals surface area (Å²) in [6.07, 6.45) is 0. The highest BCUT2D eigenvalue weighted by Gasteiger charge is 2.10. The van der Waals surface area contributed by atoms with Crippen LogP contribution in [-0.4, -0.2) is 18.7 Å². The normalized spacial score (nSPS) is 8.67. The quantitative estimate of drug-likeness (QED) is 0.612. The Morgan fingerprint density at radius 1 is 1.39 bits per heavy atom. The number of carbonyl (C=O) groups excluding carboxylic acids is 1. The van der Waals surface area contributed by atoms with Crippen molar-refractivity contribution >= 4 is 17.3 Å². The number of hydrogen-bond donors (Lipinski definition) is 2. The topological polar surface area (TPSA) is 101 Å². The molecule has 1 amide bonds. The molecular formula is C11H8FN5O. The first-order valence-electron chi connectivity index (χ1n) is 4.78. The van der Waals surface area contributed by atoms with E-state index in [0.717, 1.165) is 6.07 Å². The summed E-state index contributed by atoms with van der Waals surface area (Å²) in [5.74, 6) is -1.26. The lowest BCUT2D eigenvalue weighted by molar-refractivity contribution is 0.0959. The van der Waals surface area contributed by atoms with E-state index in [2.05, 4.69) is 15.8 Å². The Morgan fingerprint density at radius 2 is 2.06 bits per heavy atom. The molecule has 6 nitrogen and oxygen atoms in total. The molecule has 1 rings (SSSR count). The van der Waals surface area contributed by atoms with E-state index in [1.54, 1.807) is 12.1 Å². The van der Waals surface area contributed by atoms with E-state index < -0.39 is 11.7 Å². The van der Waals surface area contributed by atoms with Crippen LogP contribution in [0.5, 0.6) is 0 Å². The second-order valence-corrected chi connectivity index (χ2v) is 3.07. The monoisotopic (exact) mass is 245 g/mol. The van der Waals surface area contributed by atoms with E-state index in [-0.39, 0.29) is 17.0 Å². The highest BCUT2D eigenvalue weighted by molar-refractivity contribution is 6.10. The molecule has 0 spiro atoms. The number of rotatable bonds is 3.